The zero-order chi connectivity index (χ0) is 13.0. The predicted octanol–water partition coefficient (Wildman–Crippen LogP) is 4.11. The minimum Gasteiger partial charge on any atom is -0.487 e. The van der Waals surface area contributed by atoms with Crippen LogP contribution in [0.2, 0.25) is 5.02 Å². The molecule has 1 fully saturated rings. The summed E-state index contributed by atoms with van der Waals surface area (Å²) in [5.41, 5.74) is 3.59. The summed E-state index contributed by atoms with van der Waals surface area (Å²) in [5, 5.41) is 4.11. The number of benzene rings is 1. The molecule has 0 radical (unpaired) electrons. The average Bonchev–Trinajstić information content (AvgIpc) is 3.18. The first-order chi connectivity index (χ1) is 8.70. The highest BCUT2D eigenvalue weighted by Gasteiger charge is 2.21. The van der Waals surface area contributed by atoms with Gasteiger partial charge >= 0.3 is 0 Å². The minimum absolute atomic E-state index is 0.462. The van der Waals surface area contributed by atoms with E-state index in [0.717, 1.165) is 23.4 Å². The molecule has 0 aromatic heterocycles. The zero-order valence-corrected chi connectivity index (χ0v) is 11.9. The summed E-state index contributed by atoms with van der Waals surface area (Å²) >= 11 is 11.8. The van der Waals surface area contributed by atoms with E-state index in [1.165, 1.54) is 18.4 Å². The number of hydrogen-bond acceptors (Lipinski definition) is 2. The van der Waals surface area contributed by atoms with Gasteiger partial charge in [0.1, 0.15) is 12.4 Å². The Bertz CT molecular complexity index is 441. The summed E-state index contributed by atoms with van der Waals surface area (Å²) in [6.45, 7) is 3.18. The molecule has 0 bridgehead atoms. The Morgan fingerprint density at radius 3 is 2.94 bits per heavy atom. The molecule has 18 heavy (non-hydrogen) atoms. The third-order valence-corrected chi connectivity index (χ3v) is 3.51. The molecule has 2 rings (SSSR count). The number of rotatable bonds is 6. The molecule has 1 saturated carbocycles. The van der Waals surface area contributed by atoms with Crippen LogP contribution in [-0.4, -0.2) is 12.6 Å². The normalized spacial score (nSPS) is 15.8. The summed E-state index contributed by atoms with van der Waals surface area (Å²) in [6.07, 6.45) is 2.54. The Morgan fingerprint density at radius 2 is 2.28 bits per heavy atom. The molecule has 0 saturated heterocycles. The van der Waals surface area contributed by atoms with Crippen LogP contribution in [0.4, 0.5) is 0 Å². The summed E-state index contributed by atoms with van der Waals surface area (Å²) in [6, 6.07) is 6.50. The summed E-state index contributed by atoms with van der Waals surface area (Å²) in [7, 11) is 0. The summed E-state index contributed by atoms with van der Waals surface area (Å²) in [4.78, 5) is 0. The second kappa shape index (κ2) is 6.46. The van der Waals surface area contributed by atoms with Crippen LogP contribution in [0.1, 0.15) is 25.3 Å². The maximum absolute atomic E-state index is 6.18. The van der Waals surface area contributed by atoms with Gasteiger partial charge in [-0.25, -0.2) is 0 Å². The molecule has 2 nitrogen and oxygen atoms in total. The third kappa shape index (κ3) is 3.91. The van der Waals surface area contributed by atoms with E-state index >= 15 is 0 Å². The van der Waals surface area contributed by atoms with Crippen LogP contribution >= 0.6 is 23.2 Å². The number of hydrogen-bond donors (Lipinski definition) is 1. The Kier molecular flexibility index (Phi) is 4.93. The van der Waals surface area contributed by atoms with E-state index in [1.807, 2.05) is 25.1 Å². The molecule has 0 spiro atoms. The van der Waals surface area contributed by atoms with E-state index in [0.29, 0.717) is 17.7 Å². The molecular weight excluding hydrogens is 269 g/mol. The molecule has 1 aromatic rings. The Morgan fingerprint density at radius 1 is 1.50 bits per heavy atom. The lowest BCUT2D eigenvalue weighted by Gasteiger charge is -2.13. The van der Waals surface area contributed by atoms with Gasteiger partial charge in [-0.3, -0.25) is 0 Å². The van der Waals surface area contributed by atoms with Crippen molar-refractivity contribution >= 4 is 23.2 Å². The molecule has 1 aliphatic carbocycles. The van der Waals surface area contributed by atoms with Crippen molar-refractivity contribution in [2.75, 3.05) is 6.61 Å². The first-order valence-corrected chi connectivity index (χ1v) is 6.91. The molecule has 1 N–H and O–H groups in total. The van der Waals surface area contributed by atoms with Crippen LogP contribution in [0.3, 0.4) is 0 Å². The van der Waals surface area contributed by atoms with Crippen molar-refractivity contribution in [2.24, 2.45) is 0 Å². The van der Waals surface area contributed by atoms with Crippen LogP contribution in [0.15, 0.2) is 29.3 Å². The summed E-state index contributed by atoms with van der Waals surface area (Å²) < 4.78 is 5.75. The second-order valence-electron chi connectivity index (χ2n) is 4.63. The minimum atomic E-state index is 0.462. The maximum Gasteiger partial charge on any atom is 0.142 e. The van der Waals surface area contributed by atoms with E-state index in [-0.39, 0.29) is 0 Å². The van der Waals surface area contributed by atoms with Crippen molar-refractivity contribution in [1.82, 2.24) is 5.32 Å². The Balaban J connectivity index is 2.04. The van der Waals surface area contributed by atoms with E-state index in [9.17, 15) is 0 Å². The number of para-hydroxylation sites is 1. The SMILES string of the molecule is C/C(=C/Cl)COc1c(Cl)cccc1CNC1CC1. The average molecular weight is 286 g/mol. The monoisotopic (exact) mass is 285 g/mol. The van der Waals surface area contributed by atoms with Crippen molar-refractivity contribution in [3.8, 4) is 5.75 Å². The van der Waals surface area contributed by atoms with Crippen LogP contribution in [0.25, 0.3) is 0 Å². The third-order valence-electron chi connectivity index (χ3n) is 2.84. The molecule has 0 amide bonds. The quantitative estimate of drug-likeness (QED) is 0.849. The topological polar surface area (TPSA) is 21.3 Å². The van der Waals surface area contributed by atoms with Gasteiger partial charge in [0.2, 0.25) is 0 Å². The van der Waals surface area contributed by atoms with E-state index in [1.54, 1.807) is 0 Å². The fourth-order valence-electron chi connectivity index (χ4n) is 1.61. The fourth-order valence-corrected chi connectivity index (χ4v) is 1.93. The molecule has 0 unspecified atom stereocenters. The Labute approximate surface area is 118 Å². The van der Waals surface area contributed by atoms with E-state index < -0.39 is 0 Å². The Hall–Kier alpha value is -0.700. The molecular formula is C14H17Cl2NO. The van der Waals surface area contributed by atoms with Crippen molar-refractivity contribution in [3.05, 3.63) is 39.9 Å². The van der Waals surface area contributed by atoms with Crippen LogP contribution < -0.4 is 10.1 Å². The van der Waals surface area contributed by atoms with Gasteiger partial charge in [0.25, 0.3) is 0 Å². The van der Waals surface area contributed by atoms with E-state index in [4.69, 9.17) is 27.9 Å². The number of halogens is 2. The first kappa shape index (κ1) is 13.7. The fraction of sp³-hybridized carbons (Fsp3) is 0.429. The molecule has 0 aliphatic heterocycles. The predicted molar refractivity (Wildman–Crippen MR) is 76.4 cm³/mol. The van der Waals surface area contributed by atoms with Gasteiger partial charge in [0.05, 0.1) is 5.02 Å². The smallest absolute Gasteiger partial charge is 0.142 e. The summed E-state index contributed by atoms with van der Waals surface area (Å²) in [5.74, 6) is 0.755. The lowest BCUT2D eigenvalue weighted by molar-refractivity contribution is 0.347. The standard InChI is InChI=1S/C14H17Cl2NO/c1-10(7-15)9-18-14-11(3-2-4-13(14)16)8-17-12-5-6-12/h2-4,7,12,17H,5-6,8-9H2,1H3/b10-7-. The molecule has 0 atom stereocenters. The van der Waals surface area contributed by atoms with Crippen molar-refractivity contribution < 1.29 is 4.74 Å². The molecule has 98 valence electrons. The van der Waals surface area contributed by atoms with Crippen molar-refractivity contribution in [2.45, 2.75) is 32.4 Å². The van der Waals surface area contributed by atoms with Crippen molar-refractivity contribution in [3.63, 3.8) is 0 Å². The zero-order valence-electron chi connectivity index (χ0n) is 10.4. The van der Waals surface area contributed by atoms with Gasteiger partial charge < -0.3 is 10.1 Å². The molecule has 4 heteroatoms. The first-order valence-electron chi connectivity index (χ1n) is 6.10. The van der Waals surface area contributed by atoms with Gasteiger partial charge in [0.15, 0.2) is 0 Å². The van der Waals surface area contributed by atoms with Gasteiger partial charge in [-0.15, -0.1) is 0 Å². The van der Waals surface area contributed by atoms with Crippen molar-refractivity contribution in [1.29, 1.82) is 0 Å². The van der Waals surface area contributed by atoms with Gasteiger partial charge in [-0.2, -0.15) is 0 Å². The number of nitrogens with one attached hydrogen (secondary N) is 1. The van der Waals surface area contributed by atoms with Crippen LogP contribution in [0.5, 0.6) is 5.75 Å². The van der Waals surface area contributed by atoms with E-state index in [2.05, 4.69) is 5.32 Å². The van der Waals surface area contributed by atoms with Gasteiger partial charge in [0, 0.05) is 23.7 Å². The lowest BCUT2D eigenvalue weighted by Crippen LogP contribution is -2.16. The number of ether oxygens (including phenoxy) is 1. The lowest BCUT2D eigenvalue weighted by atomic mass is 10.2. The molecule has 0 heterocycles. The second-order valence-corrected chi connectivity index (χ2v) is 5.25. The highest BCUT2D eigenvalue weighted by atomic mass is 35.5. The van der Waals surface area contributed by atoms with Gasteiger partial charge in [-0.1, -0.05) is 35.3 Å². The van der Waals surface area contributed by atoms with Gasteiger partial charge in [-0.05, 0) is 31.4 Å². The van der Waals surface area contributed by atoms with Crippen LogP contribution in [0, 0.1) is 0 Å². The molecule has 1 aromatic carbocycles. The molecule has 1 aliphatic rings. The maximum atomic E-state index is 6.18. The highest BCUT2D eigenvalue weighted by molar-refractivity contribution is 6.32. The largest absolute Gasteiger partial charge is 0.487 e. The highest BCUT2D eigenvalue weighted by Crippen LogP contribution is 2.30. The van der Waals surface area contributed by atoms with Crippen LogP contribution in [-0.2, 0) is 6.54 Å².